The van der Waals surface area contributed by atoms with Gasteiger partial charge in [0.25, 0.3) is 0 Å². The van der Waals surface area contributed by atoms with Gasteiger partial charge in [-0.15, -0.1) is 69.1 Å². The van der Waals surface area contributed by atoms with Crippen LogP contribution in [0.15, 0.2) is 182 Å². The first kappa shape index (κ1) is 28.5. The third-order valence-corrected chi connectivity index (χ3v) is 7.89. The van der Waals surface area contributed by atoms with Crippen molar-refractivity contribution < 1.29 is 25.8 Å². The van der Waals surface area contributed by atoms with Gasteiger partial charge in [0, 0.05) is 25.8 Å². The Labute approximate surface area is 272 Å². The molecule has 0 saturated heterocycles. The van der Waals surface area contributed by atoms with Crippen molar-refractivity contribution in [1.82, 2.24) is 0 Å². The topological polar surface area (TPSA) is 0 Å². The molecule has 0 aromatic heterocycles. The summed E-state index contributed by atoms with van der Waals surface area (Å²) in [5, 5.41) is 5.22. The van der Waals surface area contributed by atoms with Crippen LogP contribution in [0.3, 0.4) is 0 Å². The van der Waals surface area contributed by atoms with Crippen molar-refractivity contribution in [3.05, 3.63) is 182 Å². The molecule has 8 aromatic carbocycles. The van der Waals surface area contributed by atoms with E-state index in [2.05, 4.69) is 170 Å². The van der Waals surface area contributed by atoms with E-state index in [0.29, 0.717) is 0 Å². The molecule has 0 nitrogen and oxygen atoms in total. The van der Waals surface area contributed by atoms with Gasteiger partial charge in [-0.1, -0.05) is 157 Å². The molecule has 0 spiro atoms. The summed E-state index contributed by atoms with van der Waals surface area (Å²) in [4.78, 5) is 0. The Morgan fingerprint density at radius 2 is 0.581 bits per heavy atom. The van der Waals surface area contributed by atoms with Crippen molar-refractivity contribution >= 4 is 21.5 Å². The molecule has 1 heteroatoms. The molecule has 0 aliphatic carbocycles. The van der Waals surface area contributed by atoms with Gasteiger partial charge in [-0.3, -0.25) is 0 Å². The maximum atomic E-state index is 2.26. The second-order valence-corrected chi connectivity index (χ2v) is 10.6. The Balaban J connectivity index is 0.000000150. The quantitative estimate of drug-likeness (QED) is 0.126. The molecule has 0 amide bonds. The molecule has 0 fully saturated rings. The fourth-order valence-electron chi connectivity index (χ4n) is 5.61. The predicted octanol–water partition coefficient (Wildman–Crippen LogP) is 11.8. The molecule has 0 unspecified atom stereocenters. The first-order valence-corrected chi connectivity index (χ1v) is 14.4. The molecule has 0 bridgehead atoms. The molecular weight excluding hydrogens is 683 g/mol. The summed E-state index contributed by atoms with van der Waals surface area (Å²) in [7, 11) is 0. The number of fused-ring (bicyclic) bond motifs is 2. The van der Waals surface area contributed by atoms with Crippen LogP contribution in [0.5, 0.6) is 0 Å². The zero-order chi connectivity index (χ0) is 28.1. The second kappa shape index (κ2) is 13.2. The van der Waals surface area contributed by atoms with Crippen LogP contribution in [0, 0.1) is 0 Å². The van der Waals surface area contributed by atoms with Gasteiger partial charge in [0.1, 0.15) is 0 Å². The van der Waals surface area contributed by atoms with E-state index in [9.17, 15) is 0 Å². The summed E-state index contributed by atoms with van der Waals surface area (Å²) in [6, 6.07) is 64.6. The number of hydrogen-bond acceptors (Lipinski definition) is 0. The zero-order valence-corrected chi connectivity index (χ0v) is 27.4. The van der Waals surface area contributed by atoms with Gasteiger partial charge in [-0.25, -0.2) is 0 Å². The van der Waals surface area contributed by atoms with Gasteiger partial charge < -0.3 is 0 Å². The van der Waals surface area contributed by atoms with Crippen LogP contribution in [0.4, 0.5) is 0 Å². The van der Waals surface area contributed by atoms with Gasteiger partial charge in [0.2, 0.25) is 0 Å². The van der Waals surface area contributed by atoms with E-state index in [-0.39, 0.29) is 25.8 Å². The first-order chi connectivity index (χ1) is 20.8. The van der Waals surface area contributed by atoms with E-state index in [1.54, 1.807) is 0 Å². The normalized spacial score (nSPS) is 10.6. The summed E-state index contributed by atoms with van der Waals surface area (Å²) in [5.74, 6) is 0. The molecule has 0 atom stereocenters. The molecular formula is C42H30Hf-2. The Kier molecular flexibility index (Phi) is 8.72. The molecule has 204 valence electrons. The molecule has 8 aromatic rings. The van der Waals surface area contributed by atoms with Crippen molar-refractivity contribution in [3.63, 3.8) is 0 Å². The van der Waals surface area contributed by atoms with Gasteiger partial charge >= 0.3 is 0 Å². The Hall–Kier alpha value is -4.59. The average Bonchev–Trinajstić information content (AvgIpc) is 3.71. The van der Waals surface area contributed by atoms with Gasteiger partial charge in [0.15, 0.2) is 0 Å². The van der Waals surface area contributed by atoms with Crippen LogP contribution in [0.25, 0.3) is 66.1 Å². The smallest absolute Gasteiger partial charge is 0 e. The van der Waals surface area contributed by atoms with E-state index in [1.807, 2.05) is 12.1 Å². The summed E-state index contributed by atoms with van der Waals surface area (Å²) in [6.07, 6.45) is 0. The Morgan fingerprint density at radius 3 is 0.953 bits per heavy atom. The van der Waals surface area contributed by atoms with Crippen molar-refractivity contribution in [2.75, 3.05) is 0 Å². The SMILES string of the molecule is [Hf].c1ccc(-c2ccc(-c3cc4ccccc4[cH-]3)cc2)cc1.c1ccc(-c2ccc(-c3cc4ccccc4[cH-]3)cc2)cc1. The summed E-state index contributed by atoms with van der Waals surface area (Å²) in [6.45, 7) is 0. The Bertz CT molecular complexity index is 1820. The Morgan fingerprint density at radius 1 is 0.279 bits per heavy atom. The summed E-state index contributed by atoms with van der Waals surface area (Å²) < 4.78 is 0. The molecule has 8 rings (SSSR count). The van der Waals surface area contributed by atoms with Crippen LogP contribution >= 0.6 is 0 Å². The van der Waals surface area contributed by atoms with E-state index in [4.69, 9.17) is 0 Å². The fraction of sp³-hybridized carbons (Fsp3) is 0. The average molecular weight is 713 g/mol. The molecule has 0 radical (unpaired) electrons. The third kappa shape index (κ3) is 6.43. The molecule has 0 N–H and O–H groups in total. The van der Waals surface area contributed by atoms with Crippen LogP contribution in [0.1, 0.15) is 0 Å². The first-order valence-electron chi connectivity index (χ1n) is 14.4. The largest absolute Gasteiger partial charge is 0.145 e. The predicted molar refractivity (Wildman–Crippen MR) is 181 cm³/mol. The maximum absolute atomic E-state index is 2.26. The molecule has 0 aliphatic rings. The van der Waals surface area contributed by atoms with E-state index in [0.717, 1.165) is 0 Å². The monoisotopic (exact) mass is 714 g/mol. The van der Waals surface area contributed by atoms with Crippen molar-refractivity contribution in [1.29, 1.82) is 0 Å². The van der Waals surface area contributed by atoms with Crippen molar-refractivity contribution in [3.8, 4) is 44.5 Å². The van der Waals surface area contributed by atoms with Gasteiger partial charge in [-0.05, 0) is 22.3 Å². The zero-order valence-electron chi connectivity index (χ0n) is 23.8. The molecule has 0 saturated carbocycles. The molecule has 43 heavy (non-hydrogen) atoms. The van der Waals surface area contributed by atoms with E-state index in [1.165, 1.54) is 66.1 Å². The second-order valence-electron chi connectivity index (χ2n) is 10.6. The number of hydrogen-bond donors (Lipinski definition) is 0. The summed E-state index contributed by atoms with van der Waals surface area (Å²) >= 11 is 0. The van der Waals surface area contributed by atoms with Crippen molar-refractivity contribution in [2.24, 2.45) is 0 Å². The number of benzene rings is 6. The van der Waals surface area contributed by atoms with Crippen LogP contribution in [-0.4, -0.2) is 0 Å². The standard InChI is InChI=1S/2C21H15.Hf/c2*1-2-6-16(7-3-1)17-10-12-18(13-11-17)21-14-19-8-4-5-9-20(19)15-21;/h2*1-15H;/q2*-1;. The number of rotatable bonds is 4. The fourth-order valence-corrected chi connectivity index (χ4v) is 5.61. The maximum Gasteiger partial charge on any atom is 0 e. The van der Waals surface area contributed by atoms with E-state index < -0.39 is 0 Å². The van der Waals surface area contributed by atoms with Crippen LogP contribution in [0.2, 0.25) is 0 Å². The minimum absolute atomic E-state index is 0. The minimum Gasteiger partial charge on any atom is -0.145 e. The molecule has 0 heterocycles. The van der Waals surface area contributed by atoms with Gasteiger partial charge in [-0.2, -0.15) is 0 Å². The van der Waals surface area contributed by atoms with Crippen LogP contribution in [-0.2, 0) is 25.8 Å². The summed E-state index contributed by atoms with van der Waals surface area (Å²) in [5.41, 5.74) is 10.2. The van der Waals surface area contributed by atoms with E-state index >= 15 is 0 Å². The third-order valence-electron chi connectivity index (χ3n) is 7.89. The minimum atomic E-state index is 0. The van der Waals surface area contributed by atoms with Gasteiger partial charge in [0.05, 0.1) is 0 Å². The van der Waals surface area contributed by atoms with Crippen molar-refractivity contribution in [2.45, 2.75) is 0 Å². The molecule has 0 aliphatic heterocycles. The van der Waals surface area contributed by atoms with Crippen LogP contribution < -0.4 is 0 Å².